The molecule has 158 valence electrons. The number of rotatable bonds is 5. The molecular formula is C21H24N4O3S2. The summed E-state index contributed by atoms with van der Waals surface area (Å²) in [5, 5.41) is 9.01. The minimum atomic E-state index is -3.57. The van der Waals surface area contributed by atoms with Crippen LogP contribution in [0.2, 0.25) is 0 Å². The first-order valence-corrected chi connectivity index (χ1v) is 12.2. The van der Waals surface area contributed by atoms with E-state index in [4.69, 9.17) is 0 Å². The van der Waals surface area contributed by atoms with Gasteiger partial charge in [0.2, 0.25) is 10.0 Å². The summed E-state index contributed by atoms with van der Waals surface area (Å²) in [5.74, 6) is 0.158. The second-order valence-electron chi connectivity index (χ2n) is 7.56. The number of H-pyrrole nitrogens is 1. The summed E-state index contributed by atoms with van der Waals surface area (Å²) in [7, 11) is -3.57. The van der Waals surface area contributed by atoms with Crippen LogP contribution in [0.4, 0.5) is 0 Å². The Hall–Kier alpha value is -2.49. The molecule has 0 aliphatic carbocycles. The normalized spacial score (nSPS) is 15.6. The number of aromatic amines is 1. The van der Waals surface area contributed by atoms with E-state index < -0.39 is 10.0 Å². The summed E-state index contributed by atoms with van der Waals surface area (Å²) >= 11 is 1.57. The van der Waals surface area contributed by atoms with Crippen LogP contribution in [0.5, 0.6) is 0 Å². The van der Waals surface area contributed by atoms with Crippen molar-refractivity contribution in [3.63, 3.8) is 0 Å². The summed E-state index contributed by atoms with van der Waals surface area (Å²) in [4.78, 5) is 15.8. The monoisotopic (exact) mass is 444 g/mol. The van der Waals surface area contributed by atoms with Gasteiger partial charge in [-0.25, -0.2) is 8.42 Å². The maximum atomic E-state index is 13.0. The molecule has 4 rings (SSSR count). The maximum Gasteiger partial charge on any atom is 0.274 e. The molecule has 7 nitrogen and oxygen atoms in total. The first-order chi connectivity index (χ1) is 14.4. The molecule has 1 aliphatic rings. The topological polar surface area (TPSA) is 86.4 Å². The number of carbonyl (C=O) groups is 1. The van der Waals surface area contributed by atoms with Gasteiger partial charge in [-0.1, -0.05) is 32.0 Å². The molecule has 0 bridgehead atoms. The highest BCUT2D eigenvalue weighted by Gasteiger charge is 2.31. The Labute approximate surface area is 180 Å². The van der Waals surface area contributed by atoms with Crippen molar-refractivity contribution in [3.05, 3.63) is 59.1 Å². The van der Waals surface area contributed by atoms with Crippen molar-refractivity contribution >= 4 is 27.3 Å². The van der Waals surface area contributed by atoms with E-state index in [-0.39, 0.29) is 19.0 Å². The van der Waals surface area contributed by atoms with Gasteiger partial charge in [-0.05, 0) is 41.1 Å². The zero-order chi connectivity index (χ0) is 21.3. The second-order valence-corrected chi connectivity index (χ2v) is 10.4. The highest BCUT2D eigenvalue weighted by atomic mass is 32.2. The lowest BCUT2D eigenvalue weighted by Crippen LogP contribution is -2.50. The predicted molar refractivity (Wildman–Crippen MR) is 117 cm³/mol. The molecule has 1 saturated heterocycles. The first-order valence-electron chi connectivity index (χ1n) is 9.85. The Morgan fingerprint density at radius 1 is 1.10 bits per heavy atom. The van der Waals surface area contributed by atoms with Crippen LogP contribution in [0.3, 0.4) is 0 Å². The van der Waals surface area contributed by atoms with Crippen molar-refractivity contribution in [2.24, 2.45) is 0 Å². The molecule has 1 N–H and O–H groups in total. The summed E-state index contributed by atoms with van der Waals surface area (Å²) in [6.07, 6.45) is 0. The molecular weight excluding hydrogens is 420 g/mol. The van der Waals surface area contributed by atoms with Gasteiger partial charge in [0.15, 0.2) is 5.69 Å². The molecule has 1 aliphatic heterocycles. The van der Waals surface area contributed by atoms with Crippen molar-refractivity contribution < 1.29 is 13.2 Å². The summed E-state index contributed by atoms with van der Waals surface area (Å²) in [5.41, 5.74) is 2.25. The lowest BCUT2D eigenvalue weighted by Gasteiger charge is -2.33. The molecule has 9 heteroatoms. The number of aromatic nitrogens is 2. The SMILES string of the molecule is CC(C)c1ccc(S(=O)(=O)N2CCN(C(=O)c3cc(-c4cccs4)[nH]n3)CC2)cc1. The number of benzene rings is 1. The molecule has 30 heavy (non-hydrogen) atoms. The number of nitrogens with zero attached hydrogens (tertiary/aromatic N) is 3. The third-order valence-corrected chi connectivity index (χ3v) is 8.11. The minimum Gasteiger partial charge on any atom is -0.335 e. The molecule has 1 fully saturated rings. The number of thiophene rings is 1. The van der Waals surface area contributed by atoms with E-state index in [0.717, 1.165) is 16.1 Å². The van der Waals surface area contributed by atoms with E-state index in [9.17, 15) is 13.2 Å². The second kappa shape index (κ2) is 8.33. The zero-order valence-electron chi connectivity index (χ0n) is 16.9. The van der Waals surface area contributed by atoms with Gasteiger partial charge in [0.25, 0.3) is 5.91 Å². The van der Waals surface area contributed by atoms with Crippen LogP contribution in [-0.2, 0) is 10.0 Å². The fourth-order valence-electron chi connectivity index (χ4n) is 3.46. The summed E-state index contributed by atoms with van der Waals surface area (Å²) in [6, 6.07) is 12.7. The average Bonchev–Trinajstić information content (AvgIpc) is 3.45. The number of carbonyl (C=O) groups excluding carboxylic acids is 1. The van der Waals surface area contributed by atoms with Crippen LogP contribution >= 0.6 is 11.3 Å². The standard InChI is InChI=1S/C21H24N4O3S2/c1-15(2)16-5-7-17(8-6-16)30(27,28)25-11-9-24(10-12-25)21(26)19-14-18(22-23-19)20-4-3-13-29-20/h3-8,13-15H,9-12H2,1-2H3,(H,22,23). The van der Waals surface area contributed by atoms with E-state index in [0.29, 0.717) is 29.6 Å². The van der Waals surface area contributed by atoms with E-state index >= 15 is 0 Å². The van der Waals surface area contributed by atoms with Gasteiger partial charge in [0.1, 0.15) is 0 Å². The smallest absolute Gasteiger partial charge is 0.274 e. The molecule has 0 radical (unpaired) electrons. The van der Waals surface area contributed by atoms with Crippen molar-refractivity contribution in [2.75, 3.05) is 26.2 Å². The van der Waals surface area contributed by atoms with Gasteiger partial charge < -0.3 is 4.90 Å². The summed E-state index contributed by atoms with van der Waals surface area (Å²) < 4.78 is 27.4. The Kier molecular flexibility index (Phi) is 5.77. The average molecular weight is 445 g/mol. The first kappa shape index (κ1) is 20.8. The van der Waals surface area contributed by atoms with Gasteiger partial charge in [-0.3, -0.25) is 9.89 Å². The Morgan fingerprint density at radius 2 is 1.80 bits per heavy atom. The van der Waals surface area contributed by atoms with Crippen molar-refractivity contribution in [3.8, 4) is 10.6 Å². The molecule has 0 unspecified atom stereocenters. The highest BCUT2D eigenvalue weighted by molar-refractivity contribution is 7.89. The van der Waals surface area contributed by atoms with Crippen LogP contribution in [0.25, 0.3) is 10.6 Å². The third-order valence-electron chi connectivity index (χ3n) is 5.29. The fourth-order valence-corrected chi connectivity index (χ4v) is 5.57. The van der Waals surface area contributed by atoms with Gasteiger partial charge >= 0.3 is 0 Å². The van der Waals surface area contributed by atoms with Crippen LogP contribution < -0.4 is 0 Å². The van der Waals surface area contributed by atoms with Gasteiger partial charge in [0, 0.05) is 26.2 Å². The van der Waals surface area contributed by atoms with Crippen molar-refractivity contribution in [1.29, 1.82) is 0 Å². The maximum absolute atomic E-state index is 13.0. The van der Waals surface area contributed by atoms with Gasteiger partial charge in [-0.15, -0.1) is 11.3 Å². The fraction of sp³-hybridized carbons (Fsp3) is 0.333. The predicted octanol–water partition coefficient (Wildman–Crippen LogP) is 3.41. The molecule has 0 spiro atoms. The number of nitrogens with one attached hydrogen (secondary N) is 1. The molecule has 3 aromatic rings. The lowest BCUT2D eigenvalue weighted by atomic mass is 10.0. The lowest BCUT2D eigenvalue weighted by molar-refractivity contribution is 0.0692. The van der Waals surface area contributed by atoms with Crippen LogP contribution in [0.1, 0.15) is 35.8 Å². The molecule has 0 atom stereocenters. The van der Waals surface area contributed by atoms with Crippen molar-refractivity contribution in [2.45, 2.75) is 24.7 Å². The third kappa shape index (κ3) is 4.05. The number of sulfonamides is 1. The molecule has 2 aromatic heterocycles. The molecule has 3 heterocycles. The molecule has 1 aromatic carbocycles. The quantitative estimate of drug-likeness (QED) is 0.653. The highest BCUT2D eigenvalue weighted by Crippen LogP contribution is 2.24. The Bertz CT molecular complexity index is 1110. The van der Waals surface area contributed by atoms with Gasteiger partial charge in [0.05, 0.1) is 15.5 Å². The van der Waals surface area contributed by atoms with E-state index in [1.165, 1.54) is 4.31 Å². The minimum absolute atomic E-state index is 0.188. The van der Waals surface area contributed by atoms with Crippen molar-refractivity contribution in [1.82, 2.24) is 19.4 Å². The van der Waals surface area contributed by atoms with Crippen LogP contribution in [-0.4, -0.2) is 59.9 Å². The van der Waals surface area contributed by atoms with E-state index in [2.05, 4.69) is 24.0 Å². The zero-order valence-corrected chi connectivity index (χ0v) is 18.5. The summed E-state index contributed by atoms with van der Waals surface area (Å²) in [6.45, 7) is 5.35. The molecule has 0 saturated carbocycles. The Morgan fingerprint density at radius 3 is 2.40 bits per heavy atom. The van der Waals surface area contributed by atoms with Crippen LogP contribution in [0.15, 0.2) is 52.7 Å². The Balaban J connectivity index is 1.41. The number of hydrogen-bond donors (Lipinski definition) is 1. The number of piperazine rings is 1. The van der Waals surface area contributed by atoms with E-state index in [1.54, 1.807) is 34.4 Å². The number of amides is 1. The van der Waals surface area contributed by atoms with Gasteiger partial charge in [-0.2, -0.15) is 9.40 Å². The molecule has 1 amide bonds. The number of hydrogen-bond acceptors (Lipinski definition) is 5. The van der Waals surface area contributed by atoms with E-state index in [1.807, 2.05) is 29.6 Å². The van der Waals surface area contributed by atoms with Crippen LogP contribution in [0, 0.1) is 0 Å². The largest absolute Gasteiger partial charge is 0.335 e.